The van der Waals surface area contributed by atoms with Gasteiger partial charge in [0.05, 0.1) is 13.2 Å². The first-order valence-corrected chi connectivity index (χ1v) is 9.07. The van der Waals surface area contributed by atoms with Gasteiger partial charge in [0.2, 0.25) is 5.88 Å². The Labute approximate surface area is 154 Å². The van der Waals surface area contributed by atoms with Crippen molar-refractivity contribution in [3.05, 3.63) is 11.9 Å². The summed E-state index contributed by atoms with van der Waals surface area (Å²) in [5.74, 6) is -0.948. The maximum atomic E-state index is 12.4. The third-order valence-corrected chi connectivity index (χ3v) is 5.72. The van der Waals surface area contributed by atoms with Crippen molar-refractivity contribution in [3.63, 3.8) is 0 Å². The normalized spacial score (nSPS) is 30.2. The number of carboxylic acid groups (broad SMARTS) is 1. The summed E-state index contributed by atoms with van der Waals surface area (Å²) in [4.78, 5) is 21.9. The largest absolute Gasteiger partial charge is 0.477 e. The molecule has 3 saturated carbocycles. The van der Waals surface area contributed by atoms with Crippen molar-refractivity contribution in [1.82, 2.24) is 14.9 Å². The molecule has 1 atom stereocenters. The highest BCUT2D eigenvalue weighted by molar-refractivity contribution is 5.95. The summed E-state index contributed by atoms with van der Waals surface area (Å²) in [6, 6.07) is 0.450. The molecular weight excluding hydrogens is 362 g/mol. The monoisotopic (exact) mass is 384 g/mol. The summed E-state index contributed by atoms with van der Waals surface area (Å²) in [5, 5.41) is 12.8. The lowest BCUT2D eigenvalue weighted by Crippen LogP contribution is -2.45. The van der Waals surface area contributed by atoms with Gasteiger partial charge in [0.1, 0.15) is 12.1 Å². The average Bonchev–Trinajstić information content (AvgIpc) is 3.16. The Balaban J connectivity index is 1.50. The molecule has 1 aliphatic heterocycles. The molecule has 1 saturated heterocycles. The minimum absolute atomic E-state index is 0.128. The van der Waals surface area contributed by atoms with Crippen LogP contribution in [0.25, 0.3) is 0 Å². The number of hydrogen-bond donors (Lipinski definition) is 2. The summed E-state index contributed by atoms with van der Waals surface area (Å²) in [6.07, 6.45) is 1.19. The fraction of sp³-hybridized carbons (Fsp3) is 0.706. The second-order valence-electron chi connectivity index (χ2n) is 7.40. The Morgan fingerprint density at radius 1 is 1.37 bits per heavy atom. The number of hydrogen-bond acceptors (Lipinski definition) is 7. The fourth-order valence-electron chi connectivity index (χ4n) is 4.60. The topological polar surface area (TPSA) is 96.8 Å². The summed E-state index contributed by atoms with van der Waals surface area (Å²) in [7, 11) is 0. The minimum atomic E-state index is -2.71. The van der Waals surface area contributed by atoms with Crippen LogP contribution in [0.4, 0.5) is 14.6 Å². The number of nitrogens with zero attached hydrogens (tertiary/aromatic N) is 3. The number of aromatic carboxylic acids is 1. The Morgan fingerprint density at radius 2 is 2.11 bits per heavy atom. The second-order valence-corrected chi connectivity index (χ2v) is 7.40. The number of alkyl halides is 2. The molecule has 5 rings (SSSR count). The summed E-state index contributed by atoms with van der Waals surface area (Å²) in [5.41, 5.74) is -0.516. The number of carbonyl (C=O) groups is 1. The van der Waals surface area contributed by atoms with E-state index in [9.17, 15) is 18.7 Å². The second kappa shape index (κ2) is 7.16. The van der Waals surface area contributed by atoms with Gasteiger partial charge in [-0.25, -0.2) is 23.5 Å². The van der Waals surface area contributed by atoms with Crippen LogP contribution in [-0.2, 0) is 4.74 Å². The van der Waals surface area contributed by atoms with Crippen molar-refractivity contribution in [2.24, 2.45) is 5.92 Å². The van der Waals surface area contributed by atoms with Gasteiger partial charge >= 0.3 is 5.97 Å². The van der Waals surface area contributed by atoms with Crippen molar-refractivity contribution in [1.29, 1.82) is 0 Å². The third-order valence-electron chi connectivity index (χ3n) is 5.72. The van der Waals surface area contributed by atoms with E-state index in [1.807, 2.05) is 0 Å². The van der Waals surface area contributed by atoms with Crippen molar-refractivity contribution in [3.8, 4) is 5.88 Å². The zero-order valence-electron chi connectivity index (χ0n) is 14.7. The van der Waals surface area contributed by atoms with E-state index in [1.165, 1.54) is 0 Å². The Hall–Kier alpha value is -2.07. The van der Waals surface area contributed by atoms with E-state index in [0.717, 1.165) is 51.9 Å². The molecule has 8 nitrogen and oxygen atoms in total. The zero-order chi connectivity index (χ0) is 19.0. The van der Waals surface area contributed by atoms with Crippen LogP contribution in [0.15, 0.2) is 6.33 Å². The van der Waals surface area contributed by atoms with Crippen LogP contribution >= 0.6 is 0 Å². The summed E-state index contributed by atoms with van der Waals surface area (Å²) >= 11 is 0. The van der Waals surface area contributed by atoms with E-state index in [2.05, 4.69) is 20.2 Å². The molecule has 148 valence electrons. The van der Waals surface area contributed by atoms with E-state index >= 15 is 0 Å². The van der Waals surface area contributed by atoms with Crippen LogP contribution < -0.4 is 10.1 Å². The lowest BCUT2D eigenvalue weighted by atomic mass is 9.76. The van der Waals surface area contributed by atoms with Crippen LogP contribution in [0.2, 0.25) is 0 Å². The van der Waals surface area contributed by atoms with Crippen LogP contribution in [0.5, 0.6) is 5.88 Å². The number of carboxylic acids is 1. The Bertz CT molecular complexity index is 708. The molecule has 27 heavy (non-hydrogen) atoms. The van der Waals surface area contributed by atoms with Crippen LogP contribution in [-0.4, -0.2) is 76.9 Å². The van der Waals surface area contributed by atoms with Crippen molar-refractivity contribution >= 4 is 11.8 Å². The number of rotatable bonds is 7. The quantitative estimate of drug-likeness (QED) is 0.730. The number of anilines is 1. The number of morpholine rings is 1. The number of ether oxygens (including phenoxy) is 2. The van der Waals surface area contributed by atoms with E-state index in [0.29, 0.717) is 12.0 Å². The molecule has 3 aliphatic carbocycles. The van der Waals surface area contributed by atoms with Gasteiger partial charge in [-0.2, -0.15) is 0 Å². The van der Waals surface area contributed by atoms with Gasteiger partial charge in [-0.05, 0) is 25.2 Å². The predicted octanol–water partition coefficient (Wildman–Crippen LogP) is 1.48. The molecule has 1 aromatic heterocycles. The Morgan fingerprint density at radius 3 is 2.78 bits per heavy atom. The van der Waals surface area contributed by atoms with Gasteiger partial charge in [-0.1, -0.05) is 0 Å². The lowest BCUT2D eigenvalue weighted by molar-refractivity contribution is 0.0101. The van der Waals surface area contributed by atoms with Gasteiger partial charge in [0.25, 0.3) is 6.43 Å². The molecule has 1 unspecified atom stereocenters. The fourth-order valence-corrected chi connectivity index (χ4v) is 4.60. The van der Waals surface area contributed by atoms with Crippen LogP contribution in [0.1, 0.15) is 29.6 Å². The van der Waals surface area contributed by atoms with E-state index in [4.69, 9.17) is 9.47 Å². The van der Waals surface area contributed by atoms with Crippen molar-refractivity contribution < 1.29 is 28.2 Å². The molecule has 2 bridgehead atoms. The number of nitrogens with one attached hydrogen (secondary N) is 1. The Kier molecular flexibility index (Phi) is 4.85. The van der Waals surface area contributed by atoms with Crippen molar-refractivity contribution in [2.75, 3.05) is 38.2 Å². The average molecular weight is 384 g/mol. The molecule has 1 aromatic rings. The van der Waals surface area contributed by atoms with Gasteiger partial charge < -0.3 is 19.9 Å². The molecule has 0 amide bonds. The highest BCUT2D eigenvalue weighted by atomic mass is 19.3. The number of aromatic nitrogens is 2. The highest BCUT2D eigenvalue weighted by Crippen LogP contribution is 2.55. The van der Waals surface area contributed by atoms with E-state index in [1.54, 1.807) is 0 Å². The zero-order valence-corrected chi connectivity index (χ0v) is 14.7. The first-order valence-electron chi connectivity index (χ1n) is 9.07. The molecule has 4 fully saturated rings. The lowest BCUT2D eigenvalue weighted by Gasteiger charge is -2.40. The maximum absolute atomic E-state index is 12.4. The first-order chi connectivity index (χ1) is 13.0. The molecule has 10 heteroatoms. The molecule has 2 N–H and O–H groups in total. The van der Waals surface area contributed by atoms with Crippen LogP contribution in [0.3, 0.4) is 0 Å². The molecule has 4 aliphatic rings. The summed E-state index contributed by atoms with van der Waals surface area (Å²) in [6.45, 7) is 2.39. The smallest absolute Gasteiger partial charge is 0.345 e. The standard InChI is InChI=1S/C17H22F2N4O4/c18-12(19)8-27-15-13(16(24)25)14(20-9-21-15)22-17-5-10(6-17)11(7-17)23-1-3-26-4-2-23/h9-12H,1-8H2,(H,24,25)(H,20,21,22). The van der Waals surface area contributed by atoms with Gasteiger partial charge in [-0.15, -0.1) is 0 Å². The SMILES string of the molecule is O=C(O)c1c(NC23CC(C2)C(N2CCOCC2)C3)ncnc1OCC(F)F. The molecule has 2 heterocycles. The van der Waals surface area contributed by atoms with Crippen LogP contribution in [0, 0.1) is 5.92 Å². The molecular formula is C17H22F2N4O4. The molecule has 0 aromatic carbocycles. The highest BCUT2D eigenvalue weighted by Gasteiger charge is 2.58. The van der Waals surface area contributed by atoms with Crippen molar-refractivity contribution in [2.45, 2.75) is 37.3 Å². The number of halogens is 2. The molecule has 0 spiro atoms. The van der Waals surface area contributed by atoms with Gasteiger partial charge in [-0.3, -0.25) is 4.90 Å². The molecule has 0 radical (unpaired) electrons. The first kappa shape index (κ1) is 18.3. The maximum Gasteiger partial charge on any atom is 0.345 e. The van der Waals surface area contributed by atoms with Gasteiger partial charge in [0, 0.05) is 24.7 Å². The summed E-state index contributed by atoms with van der Waals surface area (Å²) < 4.78 is 35.1. The van der Waals surface area contributed by atoms with E-state index in [-0.39, 0.29) is 22.8 Å². The predicted molar refractivity (Wildman–Crippen MR) is 90.4 cm³/mol. The number of fused-ring (bicyclic) bond motifs is 1. The minimum Gasteiger partial charge on any atom is -0.477 e. The third kappa shape index (κ3) is 3.55. The van der Waals surface area contributed by atoms with Gasteiger partial charge in [0.15, 0.2) is 12.2 Å². The van der Waals surface area contributed by atoms with E-state index < -0.39 is 19.0 Å².